The van der Waals surface area contributed by atoms with Gasteiger partial charge in [-0.1, -0.05) is 35.9 Å². The summed E-state index contributed by atoms with van der Waals surface area (Å²) in [4.78, 5) is 11.3. The van der Waals surface area contributed by atoms with Gasteiger partial charge in [0.1, 0.15) is 0 Å². The molecule has 2 rings (SSSR count). The van der Waals surface area contributed by atoms with Crippen LogP contribution >= 0.6 is 0 Å². The van der Waals surface area contributed by atoms with Crippen molar-refractivity contribution in [1.82, 2.24) is 5.32 Å². The first kappa shape index (κ1) is 12.6. The van der Waals surface area contributed by atoms with Gasteiger partial charge in [0.15, 0.2) is 0 Å². The summed E-state index contributed by atoms with van der Waals surface area (Å²) in [7, 11) is 0. The Morgan fingerprint density at radius 1 is 1.17 bits per heavy atom. The first-order valence-corrected chi connectivity index (χ1v) is 6.15. The Balaban J connectivity index is 2.10. The van der Waals surface area contributed by atoms with Crippen LogP contribution in [0.25, 0.3) is 10.8 Å². The quantitative estimate of drug-likeness (QED) is 0.862. The fourth-order valence-electron chi connectivity index (χ4n) is 1.94. The molecule has 0 atom stereocenters. The number of carbonyl (C=O) groups excluding carboxylic acids is 1. The van der Waals surface area contributed by atoms with E-state index in [0.717, 1.165) is 5.56 Å². The van der Waals surface area contributed by atoms with Crippen molar-refractivity contribution in [2.75, 3.05) is 6.54 Å². The van der Waals surface area contributed by atoms with Gasteiger partial charge in [0.2, 0.25) is 5.91 Å². The van der Waals surface area contributed by atoms with E-state index in [4.69, 9.17) is 5.73 Å². The van der Waals surface area contributed by atoms with E-state index >= 15 is 0 Å². The number of amides is 1. The van der Waals surface area contributed by atoms with Crippen LogP contribution in [0.1, 0.15) is 17.5 Å². The molecule has 0 heterocycles. The molecule has 0 aliphatic rings. The zero-order valence-corrected chi connectivity index (χ0v) is 10.6. The SMILES string of the molecule is Cc1ccc2cc(CNC(=O)CCN)ccc2c1. The van der Waals surface area contributed by atoms with Crippen LogP contribution in [-0.2, 0) is 11.3 Å². The number of hydrogen-bond acceptors (Lipinski definition) is 2. The molecule has 0 radical (unpaired) electrons. The van der Waals surface area contributed by atoms with Crippen molar-refractivity contribution >= 4 is 16.7 Å². The molecule has 3 N–H and O–H groups in total. The van der Waals surface area contributed by atoms with Gasteiger partial charge < -0.3 is 11.1 Å². The molecule has 18 heavy (non-hydrogen) atoms. The standard InChI is InChI=1S/C15H18N2O/c1-11-2-4-14-9-12(3-5-13(14)8-11)10-17-15(18)6-7-16/h2-5,8-9H,6-7,10,16H2,1H3,(H,17,18). The molecular weight excluding hydrogens is 224 g/mol. The van der Waals surface area contributed by atoms with E-state index < -0.39 is 0 Å². The number of rotatable bonds is 4. The fourth-order valence-corrected chi connectivity index (χ4v) is 1.94. The van der Waals surface area contributed by atoms with Crippen molar-refractivity contribution in [3.05, 3.63) is 47.5 Å². The Morgan fingerprint density at radius 3 is 2.67 bits per heavy atom. The largest absolute Gasteiger partial charge is 0.352 e. The summed E-state index contributed by atoms with van der Waals surface area (Å²) in [6.07, 6.45) is 0.382. The summed E-state index contributed by atoms with van der Waals surface area (Å²) in [6.45, 7) is 3.03. The van der Waals surface area contributed by atoms with Crippen LogP contribution < -0.4 is 11.1 Å². The summed E-state index contributed by atoms with van der Waals surface area (Å²) in [6, 6.07) is 12.6. The molecule has 0 aromatic heterocycles. The highest BCUT2D eigenvalue weighted by Gasteiger charge is 2.01. The first-order chi connectivity index (χ1) is 8.69. The second kappa shape index (κ2) is 5.65. The maximum atomic E-state index is 11.3. The van der Waals surface area contributed by atoms with Crippen molar-refractivity contribution < 1.29 is 4.79 Å². The zero-order chi connectivity index (χ0) is 13.0. The summed E-state index contributed by atoms with van der Waals surface area (Å²) >= 11 is 0. The van der Waals surface area contributed by atoms with Crippen LogP contribution in [0.15, 0.2) is 36.4 Å². The van der Waals surface area contributed by atoms with E-state index in [-0.39, 0.29) is 5.91 Å². The van der Waals surface area contributed by atoms with Crippen LogP contribution in [0.5, 0.6) is 0 Å². The maximum absolute atomic E-state index is 11.3. The minimum absolute atomic E-state index is 0.00139. The van der Waals surface area contributed by atoms with Gasteiger partial charge in [-0.05, 0) is 29.3 Å². The van der Waals surface area contributed by atoms with Crippen molar-refractivity contribution in [3.63, 3.8) is 0 Å². The monoisotopic (exact) mass is 242 g/mol. The second-order valence-electron chi connectivity index (χ2n) is 4.50. The molecule has 0 fully saturated rings. The summed E-state index contributed by atoms with van der Waals surface area (Å²) in [5, 5.41) is 5.29. The summed E-state index contributed by atoms with van der Waals surface area (Å²) in [5.41, 5.74) is 7.69. The average Bonchev–Trinajstić information content (AvgIpc) is 2.36. The Labute approximate surface area is 107 Å². The predicted molar refractivity (Wildman–Crippen MR) is 74.2 cm³/mol. The number of aryl methyl sites for hydroxylation is 1. The molecule has 0 aliphatic carbocycles. The number of hydrogen-bond donors (Lipinski definition) is 2. The normalized spacial score (nSPS) is 10.6. The highest BCUT2D eigenvalue weighted by Crippen LogP contribution is 2.17. The van der Waals surface area contributed by atoms with E-state index in [9.17, 15) is 4.79 Å². The third kappa shape index (κ3) is 3.08. The van der Waals surface area contributed by atoms with Crippen LogP contribution in [0.4, 0.5) is 0 Å². The van der Waals surface area contributed by atoms with Crippen molar-refractivity contribution in [3.8, 4) is 0 Å². The molecule has 0 saturated heterocycles. The lowest BCUT2D eigenvalue weighted by molar-refractivity contribution is -0.121. The van der Waals surface area contributed by atoms with E-state index in [1.54, 1.807) is 0 Å². The van der Waals surface area contributed by atoms with E-state index in [2.05, 4.69) is 42.6 Å². The number of benzene rings is 2. The van der Waals surface area contributed by atoms with Crippen LogP contribution in [-0.4, -0.2) is 12.5 Å². The van der Waals surface area contributed by atoms with Gasteiger partial charge >= 0.3 is 0 Å². The predicted octanol–water partition coefficient (Wildman–Crippen LogP) is 2.11. The summed E-state index contributed by atoms with van der Waals surface area (Å²) < 4.78 is 0. The van der Waals surface area contributed by atoms with E-state index in [1.807, 2.05) is 6.07 Å². The number of nitrogens with one attached hydrogen (secondary N) is 1. The van der Waals surface area contributed by atoms with E-state index in [0.29, 0.717) is 19.5 Å². The van der Waals surface area contributed by atoms with Crippen molar-refractivity contribution in [2.45, 2.75) is 19.9 Å². The molecule has 0 unspecified atom stereocenters. The smallest absolute Gasteiger partial charge is 0.221 e. The first-order valence-electron chi connectivity index (χ1n) is 6.15. The fraction of sp³-hybridized carbons (Fsp3) is 0.267. The molecule has 2 aromatic rings. The van der Waals surface area contributed by atoms with Gasteiger partial charge in [0.25, 0.3) is 0 Å². The number of nitrogens with two attached hydrogens (primary N) is 1. The van der Waals surface area contributed by atoms with Crippen molar-refractivity contribution in [2.24, 2.45) is 5.73 Å². The molecule has 0 bridgehead atoms. The van der Waals surface area contributed by atoms with Crippen LogP contribution in [0.3, 0.4) is 0 Å². The van der Waals surface area contributed by atoms with Crippen LogP contribution in [0.2, 0.25) is 0 Å². The molecule has 0 spiro atoms. The lowest BCUT2D eigenvalue weighted by Crippen LogP contribution is -2.24. The molecule has 0 saturated carbocycles. The third-order valence-electron chi connectivity index (χ3n) is 2.92. The van der Waals surface area contributed by atoms with Gasteiger partial charge in [-0.3, -0.25) is 4.79 Å². The lowest BCUT2D eigenvalue weighted by atomic mass is 10.0. The average molecular weight is 242 g/mol. The number of carbonyl (C=O) groups is 1. The molecule has 1 amide bonds. The van der Waals surface area contributed by atoms with E-state index in [1.165, 1.54) is 16.3 Å². The molecule has 0 aliphatic heterocycles. The minimum atomic E-state index is 0.00139. The molecular formula is C15H18N2O. The lowest BCUT2D eigenvalue weighted by Gasteiger charge is -2.06. The summed E-state index contributed by atoms with van der Waals surface area (Å²) in [5.74, 6) is 0.00139. The molecule has 3 heteroatoms. The Kier molecular flexibility index (Phi) is 3.95. The minimum Gasteiger partial charge on any atom is -0.352 e. The Morgan fingerprint density at radius 2 is 1.89 bits per heavy atom. The topological polar surface area (TPSA) is 55.1 Å². The molecule has 94 valence electrons. The van der Waals surface area contributed by atoms with Gasteiger partial charge in [0, 0.05) is 19.5 Å². The van der Waals surface area contributed by atoms with Gasteiger partial charge in [0.05, 0.1) is 0 Å². The molecule has 3 nitrogen and oxygen atoms in total. The highest BCUT2D eigenvalue weighted by molar-refractivity contribution is 5.84. The highest BCUT2D eigenvalue weighted by atomic mass is 16.1. The third-order valence-corrected chi connectivity index (χ3v) is 2.92. The van der Waals surface area contributed by atoms with Gasteiger partial charge in [-0.2, -0.15) is 0 Å². The number of fused-ring (bicyclic) bond motifs is 1. The Hall–Kier alpha value is -1.87. The zero-order valence-electron chi connectivity index (χ0n) is 10.6. The van der Waals surface area contributed by atoms with Crippen molar-refractivity contribution in [1.29, 1.82) is 0 Å². The molecule has 2 aromatic carbocycles. The van der Waals surface area contributed by atoms with Crippen LogP contribution in [0, 0.1) is 6.92 Å². The maximum Gasteiger partial charge on any atom is 0.221 e. The van der Waals surface area contributed by atoms with Gasteiger partial charge in [-0.25, -0.2) is 0 Å². The Bertz CT molecular complexity index is 563. The second-order valence-corrected chi connectivity index (χ2v) is 4.50. The van der Waals surface area contributed by atoms with Gasteiger partial charge in [-0.15, -0.1) is 0 Å².